The molecule has 0 bridgehead atoms. The lowest BCUT2D eigenvalue weighted by Gasteiger charge is -2.12. The Balaban J connectivity index is 1.46. The number of thiophene rings is 1. The topological polar surface area (TPSA) is 76.3 Å². The number of hydrogen-bond donors (Lipinski definition) is 1. The smallest absolute Gasteiger partial charge is 0.268 e. The molecule has 8 heteroatoms. The molecule has 4 aromatic rings. The molecule has 5 rings (SSSR count). The summed E-state index contributed by atoms with van der Waals surface area (Å²) in [7, 11) is 0. The van der Waals surface area contributed by atoms with E-state index in [0.29, 0.717) is 17.1 Å². The zero-order valence-electron chi connectivity index (χ0n) is 18.0. The zero-order valence-corrected chi connectivity index (χ0v) is 20.4. The fourth-order valence-corrected chi connectivity index (χ4v) is 5.74. The lowest BCUT2D eigenvalue weighted by molar-refractivity contribution is 0.0955. The summed E-state index contributed by atoms with van der Waals surface area (Å²) in [6.45, 7) is 1.83. The van der Waals surface area contributed by atoms with E-state index in [4.69, 9.17) is 4.98 Å². The van der Waals surface area contributed by atoms with Gasteiger partial charge in [-0.3, -0.25) is 14.2 Å². The Kier molecular flexibility index (Phi) is 5.95. The molecule has 2 heterocycles. The Bertz CT molecular complexity index is 1450. The quantitative estimate of drug-likeness (QED) is 0.298. The molecule has 1 aliphatic rings. The Morgan fingerprint density at radius 2 is 1.97 bits per heavy atom. The van der Waals surface area contributed by atoms with Crippen molar-refractivity contribution < 1.29 is 4.79 Å². The molecule has 1 amide bonds. The Morgan fingerprint density at radius 1 is 1.18 bits per heavy atom. The van der Waals surface area contributed by atoms with Crippen molar-refractivity contribution in [1.82, 2.24) is 15.0 Å². The number of rotatable bonds is 4. The average Bonchev–Trinajstić information content (AvgIpc) is 3.19. The Morgan fingerprint density at radius 3 is 2.79 bits per heavy atom. The van der Waals surface area contributed by atoms with Crippen LogP contribution in [-0.4, -0.2) is 21.7 Å². The molecule has 0 atom stereocenters. The van der Waals surface area contributed by atoms with Crippen LogP contribution in [0.25, 0.3) is 15.9 Å². The summed E-state index contributed by atoms with van der Waals surface area (Å²) >= 11 is 5.03. The summed E-state index contributed by atoms with van der Waals surface area (Å²) in [5.41, 5.74) is 5.55. The number of nitrogens with zero attached hydrogens (tertiary/aromatic N) is 3. The maximum atomic E-state index is 13.5. The number of nitrogens with one attached hydrogen (secondary N) is 1. The highest BCUT2D eigenvalue weighted by molar-refractivity contribution is 9.10. The number of carbonyl (C=O) groups is 1. The summed E-state index contributed by atoms with van der Waals surface area (Å²) in [5, 5.41) is 4.78. The third-order valence-corrected chi connectivity index (χ3v) is 7.49. The van der Waals surface area contributed by atoms with Gasteiger partial charge >= 0.3 is 0 Å². The molecule has 0 fully saturated rings. The number of benzene rings is 2. The van der Waals surface area contributed by atoms with Crippen molar-refractivity contribution in [3.8, 4) is 5.69 Å². The normalized spacial score (nSPS) is 13.4. The van der Waals surface area contributed by atoms with Crippen molar-refractivity contribution in [3.63, 3.8) is 0 Å². The summed E-state index contributed by atoms with van der Waals surface area (Å²) < 4.78 is 2.58. The van der Waals surface area contributed by atoms with Crippen molar-refractivity contribution in [2.24, 2.45) is 5.10 Å². The molecule has 1 N–H and O–H groups in total. The zero-order chi connectivity index (χ0) is 22.9. The summed E-state index contributed by atoms with van der Waals surface area (Å²) in [6.07, 6.45) is 5.79. The van der Waals surface area contributed by atoms with Crippen molar-refractivity contribution in [2.75, 3.05) is 0 Å². The van der Waals surface area contributed by atoms with Gasteiger partial charge in [0, 0.05) is 14.9 Å². The van der Waals surface area contributed by atoms with E-state index in [0.717, 1.165) is 51.5 Å². The van der Waals surface area contributed by atoms with Crippen LogP contribution in [0.3, 0.4) is 0 Å². The highest BCUT2D eigenvalue weighted by Crippen LogP contribution is 2.34. The number of fused-ring (bicyclic) bond motifs is 3. The summed E-state index contributed by atoms with van der Waals surface area (Å²) in [4.78, 5) is 33.0. The van der Waals surface area contributed by atoms with Crippen molar-refractivity contribution in [2.45, 2.75) is 32.6 Å². The Labute approximate surface area is 203 Å². The van der Waals surface area contributed by atoms with Gasteiger partial charge < -0.3 is 0 Å². The lowest BCUT2D eigenvalue weighted by Crippen LogP contribution is -2.23. The molecule has 2 aromatic carbocycles. The molecule has 166 valence electrons. The van der Waals surface area contributed by atoms with Gasteiger partial charge in [-0.05, 0) is 74.1 Å². The molecule has 0 saturated carbocycles. The summed E-state index contributed by atoms with van der Waals surface area (Å²) in [5.74, 6) is 0.259. The third kappa shape index (κ3) is 4.28. The first kappa shape index (κ1) is 21.7. The molecule has 2 aromatic heterocycles. The first-order valence-electron chi connectivity index (χ1n) is 10.7. The van der Waals surface area contributed by atoms with Crippen LogP contribution in [0, 0.1) is 6.92 Å². The van der Waals surface area contributed by atoms with Gasteiger partial charge in [-0.15, -0.1) is 11.3 Å². The van der Waals surface area contributed by atoms with Crippen molar-refractivity contribution in [1.29, 1.82) is 0 Å². The highest BCUT2D eigenvalue weighted by Gasteiger charge is 2.22. The van der Waals surface area contributed by atoms with E-state index in [-0.39, 0.29) is 11.5 Å². The molecule has 6 nitrogen and oxygen atoms in total. The van der Waals surface area contributed by atoms with Crippen LogP contribution in [0.5, 0.6) is 0 Å². The minimum Gasteiger partial charge on any atom is -0.268 e. The second kappa shape index (κ2) is 9.03. The van der Waals surface area contributed by atoms with E-state index in [2.05, 4.69) is 26.5 Å². The van der Waals surface area contributed by atoms with Gasteiger partial charge in [0.05, 0.1) is 17.3 Å². The predicted molar refractivity (Wildman–Crippen MR) is 136 cm³/mol. The molecule has 1 aliphatic carbocycles. The van der Waals surface area contributed by atoms with Gasteiger partial charge in [0.2, 0.25) is 0 Å². The fourth-order valence-electron chi connectivity index (χ4n) is 4.18. The number of hydrogen-bond acceptors (Lipinski definition) is 5. The maximum Gasteiger partial charge on any atom is 0.271 e. The monoisotopic (exact) mass is 520 g/mol. The summed E-state index contributed by atoms with van der Waals surface area (Å²) in [6, 6.07) is 14.6. The van der Waals surface area contributed by atoms with Crippen LogP contribution < -0.4 is 11.0 Å². The number of carbonyl (C=O) groups excluding carboxylic acids is 1. The van der Waals surface area contributed by atoms with Gasteiger partial charge in [-0.2, -0.15) is 5.10 Å². The van der Waals surface area contributed by atoms with E-state index >= 15 is 0 Å². The molecule has 0 unspecified atom stereocenters. The molecular weight excluding hydrogens is 500 g/mol. The van der Waals surface area contributed by atoms with Gasteiger partial charge in [0.1, 0.15) is 10.7 Å². The van der Waals surface area contributed by atoms with Crippen LogP contribution in [-0.2, 0) is 12.8 Å². The SMILES string of the molecule is Cc1nc2sc3c(c2c(=O)n1-c1cccc(C(=O)N/N=C/c2ccc(Br)cc2)c1)CCCC3. The van der Waals surface area contributed by atoms with Crippen LogP contribution >= 0.6 is 27.3 Å². The van der Waals surface area contributed by atoms with E-state index in [1.807, 2.05) is 37.3 Å². The number of amides is 1. The van der Waals surface area contributed by atoms with Crippen LogP contribution in [0.15, 0.2) is 62.9 Å². The predicted octanol–water partition coefficient (Wildman–Crippen LogP) is 5.16. The Hall–Kier alpha value is -3.10. The molecule has 33 heavy (non-hydrogen) atoms. The first-order chi connectivity index (χ1) is 16.0. The fraction of sp³-hybridized carbons (Fsp3) is 0.200. The van der Waals surface area contributed by atoms with Gasteiger partial charge in [0.25, 0.3) is 11.5 Å². The molecule has 0 saturated heterocycles. The van der Waals surface area contributed by atoms with Crippen LogP contribution in [0.2, 0.25) is 0 Å². The third-order valence-electron chi connectivity index (χ3n) is 5.77. The largest absolute Gasteiger partial charge is 0.271 e. The second-order valence-corrected chi connectivity index (χ2v) is 9.99. The number of hydrazone groups is 1. The average molecular weight is 521 g/mol. The van der Waals surface area contributed by atoms with E-state index in [1.54, 1.807) is 40.3 Å². The van der Waals surface area contributed by atoms with Crippen molar-refractivity contribution >= 4 is 49.6 Å². The standard InChI is InChI=1S/C25H21BrN4O2S/c1-15-28-24-22(20-7-2-3-8-21(20)33-24)25(32)30(15)19-6-4-5-17(13-19)23(31)29-27-14-16-9-11-18(26)12-10-16/h4-6,9-14H,2-3,7-8H2,1H3,(H,29,31)/b27-14+. The van der Waals surface area contributed by atoms with Gasteiger partial charge in [0.15, 0.2) is 0 Å². The highest BCUT2D eigenvalue weighted by atomic mass is 79.9. The van der Waals surface area contributed by atoms with Gasteiger partial charge in [-0.25, -0.2) is 10.4 Å². The van der Waals surface area contributed by atoms with Gasteiger partial charge in [-0.1, -0.05) is 34.1 Å². The van der Waals surface area contributed by atoms with E-state index in [1.165, 1.54) is 4.88 Å². The van der Waals surface area contributed by atoms with Crippen LogP contribution in [0.4, 0.5) is 0 Å². The number of aromatic nitrogens is 2. The molecule has 0 radical (unpaired) electrons. The minimum atomic E-state index is -0.349. The van der Waals surface area contributed by atoms with Crippen molar-refractivity contribution in [3.05, 3.63) is 90.7 Å². The van der Waals surface area contributed by atoms with E-state index in [9.17, 15) is 9.59 Å². The van der Waals surface area contributed by atoms with E-state index < -0.39 is 0 Å². The molecule has 0 spiro atoms. The second-order valence-electron chi connectivity index (χ2n) is 7.99. The minimum absolute atomic E-state index is 0.0669. The maximum absolute atomic E-state index is 13.5. The lowest BCUT2D eigenvalue weighted by atomic mass is 9.97. The molecular formula is C25H21BrN4O2S. The molecule has 0 aliphatic heterocycles. The van der Waals surface area contributed by atoms with Crippen LogP contribution in [0.1, 0.15) is 45.0 Å². The number of halogens is 1. The first-order valence-corrected chi connectivity index (χ1v) is 12.4. The number of aryl methyl sites for hydroxylation is 3.